The minimum Gasteiger partial charge on any atom is -0.455 e. The van der Waals surface area contributed by atoms with Crippen LogP contribution in [0.2, 0.25) is 6.04 Å². The first-order valence-corrected chi connectivity index (χ1v) is 12.6. The molecule has 0 saturated carbocycles. The molecule has 1 rings (SSSR count). The molecule has 0 radical (unpaired) electrons. The molecule has 0 spiro atoms. The Balaban J connectivity index is 2.79. The van der Waals surface area contributed by atoms with Gasteiger partial charge in [0.2, 0.25) is 5.82 Å². The lowest BCUT2D eigenvalue weighted by Crippen LogP contribution is -2.50. The summed E-state index contributed by atoms with van der Waals surface area (Å²) in [5.74, 6) is -12.0. The van der Waals surface area contributed by atoms with Gasteiger partial charge in [0.05, 0.1) is 6.04 Å². The second kappa shape index (κ2) is 13.3. The number of carbonyl (C=O) groups is 3. The van der Waals surface area contributed by atoms with Crippen molar-refractivity contribution in [2.75, 3.05) is 0 Å². The highest BCUT2D eigenvalue weighted by molar-refractivity contribution is 6.65. The Morgan fingerprint density at radius 1 is 0.606 bits per heavy atom. The van der Waals surface area contributed by atoms with E-state index >= 15 is 0 Å². The largest absolute Gasteiger partial charge is 0.705 e. The van der Waals surface area contributed by atoms with E-state index in [-0.39, 0.29) is 44.6 Å². The Bertz CT molecular complexity index is 789. The first kappa shape index (κ1) is 28.5. The molecule has 1 aromatic rings. The van der Waals surface area contributed by atoms with Crippen LogP contribution in [-0.4, -0.2) is 26.7 Å². The molecule has 6 nitrogen and oxygen atoms in total. The van der Waals surface area contributed by atoms with Gasteiger partial charge in [0, 0.05) is 24.8 Å². The smallest absolute Gasteiger partial charge is 0.455 e. The average Bonchev–Trinajstić information content (AvgIpc) is 2.80. The Morgan fingerprint density at radius 3 is 1.36 bits per heavy atom. The molecule has 1 aromatic carbocycles. The molecule has 0 atom stereocenters. The van der Waals surface area contributed by atoms with Crippen molar-refractivity contribution in [2.24, 2.45) is 0 Å². The predicted octanol–water partition coefficient (Wildman–Crippen LogP) is 5.28. The van der Waals surface area contributed by atoms with Gasteiger partial charge < -0.3 is 13.3 Å². The molecule has 0 aliphatic carbocycles. The van der Waals surface area contributed by atoms with Crippen LogP contribution in [0.4, 0.5) is 22.0 Å². The van der Waals surface area contributed by atoms with E-state index in [2.05, 4.69) is 0 Å². The molecule has 12 heteroatoms. The fraction of sp³-hybridized carbons (Fsp3) is 0.571. The first-order valence-electron chi connectivity index (χ1n) is 10.7. The van der Waals surface area contributed by atoms with Gasteiger partial charge in [-0.15, -0.1) is 0 Å². The number of hydrogen-bond donors (Lipinski definition) is 0. The Morgan fingerprint density at radius 2 is 0.970 bits per heavy atom. The van der Waals surface area contributed by atoms with Crippen molar-refractivity contribution in [2.45, 2.75) is 78.2 Å². The SMILES string of the molecule is CCC(=O)O[Si](CCCCCCc1c(F)c(F)c(F)c(F)c1F)(OC(=O)CC)OC(=O)CC. The number of unbranched alkanes of at least 4 members (excludes halogenated alkanes) is 3. The van der Waals surface area contributed by atoms with Crippen molar-refractivity contribution in [1.29, 1.82) is 0 Å². The standard InChI is InChI=1S/C21H27F5O6Si/c1-4-14(27)30-33(31-15(28)5-2,32-16(29)6-3)12-10-8-7-9-11-13-17(22)19(24)21(26)20(25)18(13)23/h4-12H2,1-3H3. The molecular formula is C21H27F5O6Si. The predicted molar refractivity (Wildman–Crippen MR) is 108 cm³/mol. The van der Waals surface area contributed by atoms with E-state index in [0.29, 0.717) is 12.8 Å². The van der Waals surface area contributed by atoms with Crippen molar-refractivity contribution >= 4 is 26.7 Å². The highest BCUT2D eigenvalue weighted by Gasteiger charge is 2.52. The summed E-state index contributed by atoms with van der Waals surface area (Å²) in [4.78, 5) is 35.6. The van der Waals surface area contributed by atoms with Crippen molar-refractivity contribution in [1.82, 2.24) is 0 Å². The first-order chi connectivity index (χ1) is 15.5. The van der Waals surface area contributed by atoms with Gasteiger partial charge in [0.15, 0.2) is 23.3 Å². The summed E-state index contributed by atoms with van der Waals surface area (Å²) in [6, 6.07) is -0.0568. The molecule has 0 heterocycles. The van der Waals surface area contributed by atoms with E-state index in [1.54, 1.807) is 0 Å². The zero-order valence-corrected chi connectivity index (χ0v) is 19.7. The van der Waals surface area contributed by atoms with E-state index < -0.39 is 61.4 Å². The van der Waals surface area contributed by atoms with Crippen LogP contribution in [0, 0.1) is 29.1 Å². The molecule has 0 aliphatic rings. The van der Waals surface area contributed by atoms with Crippen LogP contribution in [-0.2, 0) is 34.1 Å². The molecule has 0 bridgehead atoms. The molecule has 0 saturated heterocycles. The molecule has 0 N–H and O–H groups in total. The Labute approximate surface area is 189 Å². The van der Waals surface area contributed by atoms with Crippen LogP contribution < -0.4 is 0 Å². The van der Waals surface area contributed by atoms with E-state index in [1.807, 2.05) is 0 Å². The van der Waals surface area contributed by atoms with Crippen LogP contribution in [0.5, 0.6) is 0 Å². The van der Waals surface area contributed by atoms with Gasteiger partial charge in [-0.3, -0.25) is 14.4 Å². The van der Waals surface area contributed by atoms with E-state index in [4.69, 9.17) is 13.3 Å². The minimum atomic E-state index is -4.02. The molecule has 0 unspecified atom stereocenters. The third kappa shape index (κ3) is 8.09. The average molecular weight is 499 g/mol. The molecular weight excluding hydrogens is 471 g/mol. The third-order valence-corrected chi connectivity index (χ3v) is 7.22. The van der Waals surface area contributed by atoms with Crippen molar-refractivity contribution in [3.63, 3.8) is 0 Å². The lowest BCUT2D eigenvalue weighted by atomic mass is 10.0. The fourth-order valence-electron chi connectivity index (χ4n) is 2.82. The van der Waals surface area contributed by atoms with Gasteiger partial charge in [0.25, 0.3) is 17.9 Å². The van der Waals surface area contributed by atoms with Crippen LogP contribution >= 0.6 is 0 Å². The van der Waals surface area contributed by atoms with Gasteiger partial charge in [-0.05, 0) is 19.3 Å². The number of carbonyl (C=O) groups excluding carboxylic acids is 3. The molecule has 0 amide bonds. The van der Waals surface area contributed by atoms with Gasteiger partial charge >= 0.3 is 8.80 Å². The summed E-state index contributed by atoms with van der Waals surface area (Å²) in [7, 11) is -4.02. The highest BCUT2D eigenvalue weighted by Crippen LogP contribution is 2.26. The topological polar surface area (TPSA) is 78.9 Å². The molecule has 33 heavy (non-hydrogen) atoms. The zero-order chi connectivity index (χ0) is 25.2. The maximum absolute atomic E-state index is 13.7. The van der Waals surface area contributed by atoms with Crippen LogP contribution in [0.3, 0.4) is 0 Å². The highest BCUT2D eigenvalue weighted by atomic mass is 28.4. The van der Waals surface area contributed by atoms with Gasteiger partial charge in [0.1, 0.15) is 0 Å². The van der Waals surface area contributed by atoms with E-state index in [9.17, 15) is 36.3 Å². The Kier molecular flexibility index (Phi) is 11.5. The van der Waals surface area contributed by atoms with E-state index in [0.717, 1.165) is 0 Å². The second-order valence-electron chi connectivity index (χ2n) is 7.13. The Hall–Kier alpha value is -2.50. The normalized spacial score (nSPS) is 11.3. The van der Waals surface area contributed by atoms with Crippen LogP contribution in [0.25, 0.3) is 0 Å². The zero-order valence-electron chi connectivity index (χ0n) is 18.7. The maximum Gasteiger partial charge on any atom is 0.705 e. The maximum atomic E-state index is 13.7. The summed E-state index contributed by atoms with van der Waals surface area (Å²) >= 11 is 0. The molecule has 0 aliphatic heterocycles. The van der Waals surface area contributed by atoms with Gasteiger partial charge in [-0.1, -0.05) is 33.6 Å². The second-order valence-corrected chi connectivity index (χ2v) is 9.61. The summed E-state index contributed by atoms with van der Waals surface area (Å²) in [5.41, 5.74) is -0.888. The van der Waals surface area contributed by atoms with Crippen molar-refractivity contribution in [3.05, 3.63) is 34.6 Å². The summed E-state index contributed by atoms with van der Waals surface area (Å²) in [6.45, 7) is 4.55. The minimum absolute atomic E-state index is 0.0377. The number of benzene rings is 1. The monoisotopic (exact) mass is 498 g/mol. The fourth-order valence-corrected chi connectivity index (χ4v) is 5.41. The molecule has 0 aromatic heterocycles. The number of hydrogen-bond acceptors (Lipinski definition) is 6. The quantitative estimate of drug-likeness (QED) is 0.121. The summed E-state index contributed by atoms with van der Waals surface area (Å²) in [5, 5.41) is 0. The third-order valence-electron chi connectivity index (χ3n) is 4.63. The number of halogens is 5. The van der Waals surface area contributed by atoms with E-state index in [1.165, 1.54) is 20.8 Å². The van der Waals surface area contributed by atoms with Gasteiger partial charge in [-0.2, -0.15) is 0 Å². The lowest BCUT2D eigenvalue weighted by molar-refractivity contribution is -0.150. The van der Waals surface area contributed by atoms with Crippen molar-refractivity contribution < 1.29 is 49.6 Å². The molecule has 0 fully saturated rings. The summed E-state index contributed by atoms with van der Waals surface area (Å²) < 4.78 is 83.0. The van der Waals surface area contributed by atoms with Crippen LogP contribution in [0.15, 0.2) is 0 Å². The van der Waals surface area contributed by atoms with Gasteiger partial charge in [-0.25, -0.2) is 22.0 Å². The lowest BCUT2D eigenvalue weighted by Gasteiger charge is -2.27. The summed E-state index contributed by atoms with van der Waals surface area (Å²) in [6.07, 6.45) is 0.544. The van der Waals surface area contributed by atoms with Crippen molar-refractivity contribution in [3.8, 4) is 0 Å². The van der Waals surface area contributed by atoms with Crippen LogP contribution in [0.1, 0.15) is 71.3 Å². The molecule has 186 valence electrons. The number of rotatable bonds is 13.